The molecule has 1 aromatic rings. The molecule has 1 aromatic carbocycles. The van der Waals surface area contributed by atoms with Crippen LogP contribution < -0.4 is 10.6 Å². The lowest BCUT2D eigenvalue weighted by atomic mass is 10.1. The molecule has 19 heavy (non-hydrogen) atoms. The Morgan fingerprint density at radius 2 is 1.89 bits per heavy atom. The Morgan fingerprint density at radius 3 is 2.53 bits per heavy atom. The Hall–Kier alpha value is -1.35. The molecule has 3 heteroatoms. The van der Waals surface area contributed by atoms with E-state index in [2.05, 4.69) is 42.7 Å². The van der Waals surface area contributed by atoms with Crippen molar-refractivity contribution in [3.05, 3.63) is 34.9 Å². The second kappa shape index (κ2) is 6.71. The Bertz CT molecular complexity index is 433. The lowest BCUT2D eigenvalue weighted by Crippen LogP contribution is -2.41. The van der Waals surface area contributed by atoms with Crippen LogP contribution >= 0.6 is 0 Å². The summed E-state index contributed by atoms with van der Waals surface area (Å²) in [6.07, 6.45) is 0.516. The highest BCUT2D eigenvalue weighted by atomic mass is 16.1. The number of carbonyl (C=O) groups is 1. The van der Waals surface area contributed by atoms with Crippen LogP contribution in [0.25, 0.3) is 0 Å². The van der Waals surface area contributed by atoms with Gasteiger partial charge in [-0.1, -0.05) is 23.8 Å². The summed E-state index contributed by atoms with van der Waals surface area (Å²) < 4.78 is 0. The summed E-state index contributed by atoms with van der Waals surface area (Å²) in [5.74, 6) is 0.0981. The summed E-state index contributed by atoms with van der Waals surface area (Å²) in [5.41, 5.74) is 3.71. The zero-order valence-electron chi connectivity index (χ0n) is 12.8. The molecule has 0 aliphatic rings. The SMILES string of the molecule is Cc1ccc(C)c(CNCCC(=O)NC(C)(C)C)c1. The minimum absolute atomic E-state index is 0.0981. The Labute approximate surface area is 116 Å². The molecule has 106 valence electrons. The molecule has 1 rings (SSSR count). The smallest absolute Gasteiger partial charge is 0.221 e. The standard InChI is InChI=1S/C16H26N2O/c1-12-6-7-13(2)14(10-12)11-17-9-8-15(19)18-16(3,4)5/h6-7,10,17H,8-9,11H2,1-5H3,(H,18,19). The van der Waals surface area contributed by atoms with Crippen molar-refractivity contribution in [3.63, 3.8) is 0 Å². The van der Waals surface area contributed by atoms with Crippen molar-refractivity contribution >= 4 is 5.91 Å². The topological polar surface area (TPSA) is 41.1 Å². The molecule has 3 nitrogen and oxygen atoms in total. The first-order valence-corrected chi connectivity index (χ1v) is 6.86. The van der Waals surface area contributed by atoms with Gasteiger partial charge in [0.1, 0.15) is 0 Å². The van der Waals surface area contributed by atoms with Crippen molar-refractivity contribution in [1.82, 2.24) is 10.6 Å². The predicted octanol–water partition coefficient (Wildman–Crippen LogP) is 2.70. The van der Waals surface area contributed by atoms with E-state index in [1.807, 2.05) is 20.8 Å². The van der Waals surface area contributed by atoms with Crippen LogP contribution in [0.3, 0.4) is 0 Å². The van der Waals surface area contributed by atoms with E-state index in [0.29, 0.717) is 13.0 Å². The number of hydrogen-bond donors (Lipinski definition) is 2. The average molecular weight is 262 g/mol. The van der Waals surface area contributed by atoms with Crippen LogP contribution in [-0.2, 0) is 11.3 Å². The van der Waals surface area contributed by atoms with E-state index in [0.717, 1.165) is 6.54 Å². The van der Waals surface area contributed by atoms with Gasteiger partial charge in [0.2, 0.25) is 5.91 Å². The van der Waals surface area contributed by atoms with Gasteiger partial charge in [-0.05, 0) is 45.7 Å². The highest BCUT2D eigenvalue weighted by molar-refractivity contribution is 5.76. The molecule has 1 amide bonds. The molecular formula is C16H26N2O. The van der Waals surface area contributed by atoms with Crippen LogP contribution in [0.5, 0.6) is 0 Å². The van der Waals surface area contributed by atoms with Gasteiger partial charge in [0.25, 0.3) is 0 Å². The average Bonchev–Trinajstić information content (AvgIpc) is 2.26. The lowest BCUT2D eigenvalue weighted by molar-refractivity contribution is -0.122. The minimum atomic E-state index is -0.149. The van der Waals surface area contributed by atoms with E-state index >= 15 is 0 Å². The first-order chi connectivity index (χ1) is 8.78. The minimum Gasteiger partial charge on any atom is -0.351 e. The Kier molecular flexibility index (Phi) is 5.55. The van der Waals surface area contributed by atoms with E-state index in [4.69, 9.17) is 0 Å². The Morgan fingerprint density at radius 1 is 1.21 bits per heavy atom. The van der Waals surface area contributed by atoms with Crippen LogP contribution in [0.4, 0.5) is 0 Å². The van der Waals surface area contributed by atoms with Gasteiger partial charge in [-0.3, -0.25) is 4.79 Å². The molecule has 0 spiro atoms. The molecule has 0 radical (unpaired) electrons. The molecule has 0 heterocycles. The summed E-state index contributed by atoms with van der Waals surface area (Å²) in [4.78, 5) is 11.6. The van der Waals surface area contributed by atoms with E-state index in [9.17, 15) is 4.79 Å². The summed E-state index contributed by atoms with van der Waals surface area (Å²) >= 11 is 0. The van der Waals surface area contributed by atoms with Crippen molar-refractivity contribution in [2.45, 2.75) is 53.1 Å². The number of benzene rings is 1. The maximum absolute atomic E-state index is 11.6. The number of carbonyl (C=O) groups excluding carboxylic acids is 1. The molecule has 0 saturated heterocycles. The number of nitrogens with one attached hydrogen (secondary N) is 2. The summed E-state index contributed by atoms with van der Waals surface area (Å²) in [7, 11) is 0. The van der Waals surface area contributed by atoms with Crippen molar-refractivity contribution in [3.8, 4) is 0 Å². The van der Waals surface area contributed by atoms with E-state index in [1.165, 1.54) is 16.7 Å². The van der Waals surface area contributed by atoms with Crippen LogP contribution in [-0.4, -0.2) is 18.0 Å². The zero-order chi connectivity index (χ0) is 14.5. The fourth-order valence-corrected chi connectivity index (χ4v) is 1.90. The summed E-state index contributed by atoms with van der Waals surface area (Å²) in [5, 5.41) is 6.28. The molecular weight excluding hydrogens is 236 g/mol. The fourth-order valence-electron chi connectivity index (χ4n) is 1.90. The molecule has 0 unspecified atom stereocenters. The molecule has 0 saturated carbocycles. The van der Waals surface area contributed by atoms with Crippen LogP contribution in [0.2, 0.25) is 0 Å². The van der Waals surface area contributed by atoms with E-state index < -0.39 is 0 Å². The molecule has 0 aromatic heterocycles. The van der Waals surface area contributed by atoms with Crippen molar-refractivity contribution in [2.24, 2.45) is 0 Å². The lowest BCUT2D eigenvalue weighted by Gasteiger charge is -2.20. The molecule has 0 fully saturated rings. The van der Waals surface area contributed by atoms with Crippen LogP contribution in [0, 0.1) is 13.8 Å². The first-order valence-electron chi connectivity index (χ1n) is 6.86. The maximum atomic E-state index is 11.6. The van der Waals surface area contributed by atoms with Gasteiger partial charge in [-0.2, -0.15) is 0 Å². The van der Waals surface area contributed by atoms with Gasteiger partial charge in [0.15, 0.2) is 0 Å². The normalized spacial score (nSPS) is 11.4. The highest BCUT2D eigenvalue weighted by Gasteiger charge is 2.12. The zero-order valence-corrected chi connectivity index (χ0v) is 12.8. The molecule has 0 aliphatic heterocycles. The quantitative estimate of drug-likeness (QED) is 0.801. The van der Waals surface area contributed by atoms with Crippen LogP contribution in [0.1, 0.15) is 43.9 Å². The van der Waals surface area contributed by atoms with Crippen molar-refractivity contribution < 1.29 is 4.79 Å². The van der Waals surface area contributed by atoms with Crippen LogP contribution in [0.15, 0.2) is 18.2 Å². The third kappa shape index (κ3) is 6.39. The van der Waals surface area contributed by atoms with Gasteiger partial charge in [-0.15, -0.1) is 0 Å². The predicted molar refractivity (Wildman–Crippen MR) is 80.1 cm³/mol. The third-order valence-corrected chi connectivity index (χ3v) is 2.86. The van der Waals surface area contributed by atoms with Gasteiger partial charge >= 0.3 is 0 Å². The second-order valence-electron chi connectivity index (χ2n) is 6.15. The van der Waals surface area contributed by atoms with Gasteiger partial charge in [-0.25, -0.2) is 0 Å². The number of hydrogen-bond acceptors (Lipinski definition) is 2. The maximum Gasteiger partial charge on any atom is 0.221 e. The summed E-state index contributed by atoms with van der Waals surface area (Å²) in [6, 6.07) is 6.45. The monoisotopic (exact) mass is 262 g/mol. The highest BCUT2D eigenvalue weighted by Crippen LogP contribution is 2.10. The van der Waals surface area contributed by atoms with E-state index in [-0.39, 0.29) is 11.4 Å². The first kappa shape index (κ1) is 15.7. The van der Waals surface area contributed by atoms with Crippen molar-refractivity contribution in [2.75, 3.05) is 6.54 Å². The molecule has 0 bridgehead atoms. The van der Waals surface area contributed by atoms with Crippen molar-refractivity contribution in [1.29, 1.82) is 0 Å². The number of amides is 1. The number of rotatable bonds is 5. The molecule has 0 aliphatic carbocycles. The third-order valence-electron chi connectivity index (χ3n) is 2.86. The molecule has 2 N–H and O–H groups in total. The fraction of sp³-hybridized carbons (Fsp3) is 0.562. The Balaban J connectivity index is 2.31. The number of aryl methyl sites for hydroxylation is 2. The molecule has 0 atom stereocenters. The van der Waals surface area contributed by atoms with E-state index in [1.54, 1.807) is 0 Å². The van der Waals surface area contributed by atoms with Gasteiger partial charge in [0.05, 0.1) is 0 Å². The second-order valence-corrected chi connectivity index (χ2v) is 6.15. The van der Waals surface area contributed by atoms with Gasteiger partial charge < -0.3 is 10.6 Å². The van der Waals surface area contributed by atoms with Gasteiger partial charge in [0, 0.05) is 25.0 Å². The summed E-state index contributed by atoms with van der Waals surface area (Å²) in [6.45, 7) is 11.7. The largest absolute Gasteiger partial charge is 0.351 e.